The van der Waals surface area contributed by atoms with Crippen LogP contribution in [0.15, 0.2) is 40.0 Å². The molecule has 1 aliphatic rings. The van der Waals surface area contributed by atoms with Crippen molar-refractivity contribution in [3.8, 4) is 11.5 Å². The summed E-state index contributed by atoms with van der Waals surface area (Å²) in [6.45, 7) is 1.45. The van der Waals surface area contributed by atoms with Gasteiger partial charge in [-0.1, -0.05) is 6.07 Å². The Balaban J connectivity index is 1.54. The molecule has 5 rings (SSSR count). The second-order valence-corrected chi connectivity index (χ2v) is 8.16. The van der Waals surface area contributed by atoms with Gasteiger partial charge < -0.3 is 19.4 Å². The van der Waals surface area contributed by atoms with Crippen molar-refractivity contribution in [2.45, 2.75) is 17.9 Å². The van der Waals surface area contributed by atoms with E-state index in [0.717, 1.165) is 18.5 Å². The maximum absolute atomic E-state index is 12.7. The number of aromatic nitrogens is 3. The first-order valence-corrected chi connectivity index (χ1v) is 10.9. The fraction of sp³-hybridized carbons (Fsp3) is 0.273. The highest BCUT2D eigenvalue weighted by atomic mass is 32.2. The van der Waals surface area contributed by atoms with Crippen molar-refractivity contribution in [2.75, 3.05) is 31.9 Å². The third kappa shape index (κ3) is 2.99. The summed E-state index contributed by atoms with van der Waals surface area (Å²) in [5.74, 6) is 1.62. The third-order valence-corrected chi connectivity index (χ3v) is 6.41. The van der Waals surface area contributed by atoms with Gasteiger partial charge in [0.25, 0.3) is 5.56 Å². The summed E-state index contributed by atoms with van der Waals surface area (Å²) < 4.78 is 10.7. The number of anilines is 1. The fourth-order valence-electron chi connectivity index (χ4n) is 4.14. The molecule has 154 valence electrons. The van der Waals surface area contributed by atoms with E-state index >= 15 is 0 Å². The molecule has 0 fully saturated rings. The molecule has 2 N–H and O–H groups in total. The van der Waals surface area contributed by atoms with Crippen LogP contribution in [0.25, 0.3) is 21.8 Å². The van der Waals surface area contributed by atoms with Gasteiger partial charge in [-0.2, -0.15) is 0 Å². The van der Waals surface area contributed by atoms with E-state index < -0.39 is 0 Å². The van der Waals surface area contributed by atoms with Crippen LogP contribution < -0.4 is 19.9 Å². The number of fused-ring (bicyclic) bond motifs is 4. The summed E-state index contributed by atoms with van der Waals surface area (Å²) in [6.07, 6.45) is 2.97. The number of benzene rings is 2. The molecule has 2 aromatic heterocycles. The molecule has 30 heavy (non-hydrogen) atoms. The molecule has 0 amide bonds. The van der Waals surface area contributed by atoms with E-state index in [1.54, 1.807) is 38.1 Å². The smallest absolute Gasteiger partial charge is 0.260 e. The quantitative estimate of drug-likeness (QED) is 0.488. The molecule has 0 bridgehead atoms. The molecule has 2 aromatic carbocycles. The Morgan fingerprint density at radius 2 is 1.87 bits per heavy atom. The third-order valence-electron chi connectivity index (χ3n) is 5.68. The zero-order chi connectivity index (χ0) is 20.8. The van der Waals surface area contributed by atoms with Gasteiger partial charge in [-0.05, 0) is 36.4 Å². The summed E-state index contributed by atoms with van der Waals surface area (Å²) in [6, 6.07) is 9.96. The van der Waals surface area contributed by atoms with Gasteiger partial charge in [-0.25, -0.2) is 4.98 Å². The number of methoxy groups -OCH3 is 2. The predicted octanol–water partition coefficient (Wildman–Crippen LogP) is 3.71. The SMILES string of the molecule is COc1cc2nc(N3CCc4c([nH]c5cc(SC)ccc45)C3)[nH]c(=O)c2cc1OC. The highest BCUT2D eigenvalue weighted by Gasteiger charge is 2.23. The van der Waals surface area contributed by atoms with E-state index in [4.69, 9.17) is 14.5 Å². The highest BCUT2D eigenvalue weighted by molar-refractivity contribution is 7.98. The standard InChI is InChI=1S/C22H22N4O3S/c1-28-19-9-15-17(10-20(19)29-2)24-22(25-21(15)27)26-7-6-14-13-5-4-12(30-3)8-16(13)23-18(14)11-26/h4-5,8-10,23H,6-7,11H2,1-3H3,(H,24,25,27). The van der Waals surface area contributed by atoms with Crippen LogP contribution in [0.3, 0.4) is 0 Å². The van der Waals surface area contributed by atoms with E-state index in [1.807, 2.05) is 0 Å². The predicted molar refractivity (Wildman–Crippen MR) is 120 cm³/mol. The molecule has 0 saturated heterocycles. The number of H-pyrrole nitrogens is 2. The van der Waals surface area contributed by atoms with E-state index in [1.165, 1.54) is 21.5 Å². The van der Waals surface area contributed by atoms with Crippen molar-refractivity contribution >= 4 is 39.5 Å². The van der Waals surface area contributed by atoms with Crippen LogP contribution in [0.2, 0.25) is 0 Å². The Labute approximate surface area is 177 Å². The first-order chi connectivity index (χ1) is 14.6. The number of aromatic amines is 2. The normalized spacial score (nSPS) is 13.6. The second-order valence-electron chi connectivity index (χ2n) is 7.28. The number of rotatable bonds is 4. The summed E-state index contributed by atoms with van der Waals surface area (Å²) in [5, 5.41) is 1.75. The molecule has 4 aromatic rings. The second kappa shape index (κ2) is 7.28. The first-order valence-electron chi connectivity index (χ1n) is 9.69. The molecule has 0 spiro atoms. The maximum Gasteiger partial charge on any atom is 0.260 e. The lowest BCUT2D eigenvalue weighted by atomic mass is 10.0. The lowest BCUT2D eigenvalue weighted by molar-refractivity contribution is 0.355. The number of nitrogens with one attached hydrogen (secondary N) is 2. The maximum atomic E-state index is 12.7. The lowest BCUT2D eigenvalue weighted by Crippen LogP contribution is -2.33. The number of ether oxygens (including phenoxy) is 2. The van der Waals surface area contributed by atoms with Gasteiger partial charge >= 0.3 is 0 Å². The van der Waals surface area contributed by atoms with E-state index in [0.29, 0.717) is 34.9 Å². The minimum absolute atomic E-state index is 0.192. The Morgan fingerprint density at radius 3 is 2.63 bits per heavy atom. The molecule has 1 aliphatic heterocycles. The molecule has 0 unspecified atom stereocenters. The summed E-state index contributed by atoms with van der Waals surface area (Å²) in [4.78, 5) is 27.3. The zero-order valence-corrected chi connectivity index (χ0v) is 17.9. The van der Waals surface area contributed by atoms with Crippen molar-refractivity contribution in [1.82, 2.24) is 15.0 Å². The minimum Gasteiger partial charge on any atom is -0.493 e. The molecule has 0 atom stereocenters. The van der Waals surface area contributed by atoms with E-state index in [-0.39, 0.29) is 5.56 Å². The van der Waals surface area contributed by atoms with Crippen molar-refractivity contribution in [3.63, 3.8) is 0 Å². The van der Waals surface area contributed by atoms with Crippen LogP contribution in [-0.4, -0.2) is 42.0 Å². The lowest BCUT2D eigenvalue weighted by Gasteiger charge is -2.27. The van der Waals surface area contributed by atoms with Crippen molar-refractivity contribution in [3.05, 3.63) is 51.9 Å². The van der Waals surface area contributed by atoms with E-state index in [9.17, 15) is 4.79 Å². The van der Waals surface area contributed by atoms with Crippen LogP contribution in [-0.2, 0) is 13.0 Å². The van der Waals surface area contributed by atoms with Crippen molar-refractivity contribution in [1.29, 1.82) is 0 Å². The molecular weight excluding hydrogens is 400 g/mol. The monoisotopic (exact) mass is 422 g/mol. The molecule has 8 heteroatoms. The topological polar surface area (TPSA) is 83.2 Å². The fourth-order valence-corrected chi connectivity index (χ4v) is 4.58. The Morgan fingerprint density at radius 1 is 1.07 bits per heavy atom. The van der Waals surface area contributed by atoms with Crippen LogP contribution in [0, 0.1) is 0 Å². The van der Waals surface area contributed by atoms with Gasteiger partial charge in [-0.15, -0.1) is 11.8 Å². The van der Waals surface area contributed by atoms with Crippen LogP contribution >= 0.6 is 11.8 Å². The molecule has 0 saturated carbocycles. The van der Waals surface area contributed by atoms with Crippen LogP contribution in [0.1, 0.15) is 11.3 Å². The van der Waals surface area contributed by atoms with Gasteiger partial charge in [0.2, 0.25) is 5.95 Å². The highest BCUT2D eigenvalue weighted by Crippen LogP contribution is 2.33. The molecule has 0 aliphatic carbocycles. The number of thioether (sulfide) groups is 1. The average Bonchev–Trinajstić information content (AvgIpc) is 3.14. The first kappa shape index (κ1) is 18.9. The van der Waals surface area contributed by atoms with E-state index in [2.05, 4.69) is 39.3 Å². The van der Waals surface area contributed by atoms with Gasteiger partial charge in [-0.3, -0.25) is 9.78 Å². The zero-order valence-electron chi connectivity index (χ0n) is 17.0. The molecule has 3 heterocycles. The summed E-state index contributed by atoms with van der Waals surface area (Å²) in [7, 11) is 3.12. The van der Waals surface area contributed by atoms with Crippen molar-refractivity contribution in [2.24, 2.45) is 0 Å². The molecule has 7 nitrogen and oxygen atoms in total. The van der Waals surface area contributed by atoms with Gasteiger partial charge in [0.1, 0.15) is 0 Å². The summed E-state index contributed by atoms with van der Waals surface area (Å²) in [5.41, 5.74) is 4.07. The number of hydrogen-bond acceptors (Lipinski definition) is 6. The van der Waals surface area contributed by atoms with Gasteiger partial charge in [0.15, 0.2) is 11.5 Å². The largest absolute Gasteiger partial charge is 0.493 e. The Hall–Kier alpha value is -3.13. The molecule has 0 radical (unpaired) electrons. The average molecular weight is 423 g/mol. The van der Waals surface area contributed by atoms with Crippen LogP contribution in [0.4, 0.5) is 5.95 Å². The number of nitrogens with zero attached hydrogens (tertiary/aromatic N) is 2. The van der Waals surface area contributed by atoms with Crippen molar-refractivity contribution < 1.29 is 9.47 Å². The Bertz CT molecular complexity index is 1330. The van der Waals surface area contributed by atoms with Gasteiger partial charge in [0.05, 0.1) is 31.7 Å². The molecular formula is C22H22N4O3S. The Kier molecular flexibility index (Phi) is 4.58. The summed E-state index contributed by atoms with van der Waals surface area (Å²) >= 11 is 1.74. The van der Waals surface area contributed by atoms with Gasteiger partial charge in [0, 0.05) is 34.1 Å². The number of hydrogen-bond donors (Lipinski definition) is 2. The van der Waals surface area contributed by atoms with Crippen LogP contribution in [0.5, 0.6) is 11.5 Å². The minimum atomic E-state index is -0.192.